The second kappa shape index (κ2) is 7.21. The Bertz CT molecular complexity index is 928. The zero-order chi connectivity index (χ0) is 17.8. The van der Waals surface area contributed by atoms with Crippen molar-refractivity contribution in [2.45, 2.75) is 20.4 Å². The first-order valence-electron chi connectivity index (χ1n) is 8.10. The van der Waals surface area contributed by atoms with E-state index in [0.29, 0.717) is 0 Å². The molecule has 0 aliphatic carbocycles. The third-order valence-electron chi connectivity index (χ3n) is 4.09. The van der Waals surface area contributed by atoms with Gasteiger partial charge in [-0.1, -0.05) is 36.4 Å². The Morgan fingerprint density at radius 1 is 1.04 bits per heavy atom. The number of amides is 1. The molecule has 0 aliphatic heterocycles. The van der Waals surface area contributed by atoms with Crippen molar-refractivity contribution in [1.82, 2.24) is 4.57 Å². The smallest absolute Gasteiger partial charge is 0.326 e. The molecule has 2 aromatic carbocycles. The molecule has 5 nitrogen and oxygen atoms in total. The van der Waals surface area contributed by atoms with Crippen LogP contribution in [-0.4, -0.2) is 23.1 Å². The van der Waals surface area contributed by atoms with E-state index in [9.17, 15) is 9.59 Å². The number of hydrogen-bond acceptors (Lipinski definition) is 3. The van der Waals surface area contributed by atoms with Crippen LogP contribution in [0.5, 0.6) is 0 Å². The molecule has 0 bridgehead atoms. The molecule has 1 heterocycles. The number of carbonyl (C=O) groups is 2. The molecule has 25 heavy (non-hydrogen) atoms. The van der Waals surface area contributed by atoms with Crippen molar-refractivity contribution in [3.8, 4) is 0 Å². The van der Waals surface area contributed by atoms with Gasteiger partial charge in [-0.3, -0.25) is 9.59 Å². The van der Waals surface area contributed by atoms with Gasteiger partial charge in [-0.15, -0.1) is 0 Å². The van der Waals surface area contributed by atoms with E-state index in [1.165, 1.54) is 0 Å². The molecule has 5 heteroatoms. The van der Waals surface area contributed by atoms with E-state index >= 15 is 0 Å². The van der Waals surface area contributed by atoms with Crippen LogP contribution in [0.25, 0.3) is 10.9 Å². The summed E-state index contributed by atoms with van der Waals surface area (Å²) in [5.41, 5.74) is 3.62. The molecule has 3 aromatic rings. The number of carbonyl (C=O) groups excluding carboxylic acids is 2. The molecule has 0 atom stereocenters. The van der Waals surface area contributed by atoms with Crippen molar-refractivity contribution in [2.75, 3.05) is 11.9 Å². The molecule has 0 aliphatic rings. The fourth-order valence-corrected chi connectivity index (χ4v) is 2.78. The standard InChI is InChI=1S/C20H20N2O3/c1-14-7-3-5-9-17(14)21-19(23)13-25-20(24)12-22-15(2)11-16-8-4-6-10-18(16)22/h3-11H,12-13H2,1-2H3,(H,21,23). The van der Waals surface area contributed by atoms with Crippen LogP contribution < -0.4 is 5.32 Å². The largest absolute Gasteiger partial charge is 0.454 e. The van der Waals surface area contributed by atoms with E-state index in [1.54, 1.807) is 0 Å². The van der Waals surface area contributed by atoms with Crippen molar-refractivity contribution >= 4 is 28.5 Å². The number of para-hydroxylation sites is 2. The predicted molar refractivity (Wildman–Crippen MR) is 97.4 cm³/mol. The van der Waals surface area contributed by atoms with Crippen LogP contribution in [-0.2, 0) is 20.9 Å². The minimum atomic E-state index is -0.440. The highest BCUT2D eigenvalue weighted by Gasteiger charge is 2.12. The average molecular weight is 336 g/mol. The van der Waals surface area contributed by atoms with Gasteiger partial charge in [0.25, 0.3) is 5.91 Å². The number of fused-ring (bicyclic) bond motifs is 1. The lowest BCUT2D eigenvalue weighted by Crippen LogP contribution is -2.23. The quantitative estimate of drug-likeness (QED) is 0.726. The van der Waals surface area contributed by atoms with Crippen LogP contribution in [0.1, 0.15) is 11.3 Å². The molecule has 1 amide bonds. The van der Waals surface area contributed by atoms with Crippen LogP contribution in [0.3, 0.4) is 0 Å². The summed E-state index contributed by atoms with van der Waals surface area (Å²) in [6.45, 7) is 3.63. The Labute approximate surface area is 146 Å². The number of nitrogens with one attached hydrogen (secondary N) is 1. The minimum Gasteiger partial charge on any atom is -0.454 e. The Morgan fingerprint density at radius 2 is 1.76 bits per heavy atom. The number of anilines is 1. The summed E-state index contributed by atoms with van der Waals surface area (Å²) < 4.78 is 7.01. The van der Waals surface area contributed by atoms with Crippen LogP contribution in [0.2, 0.25) is 0 Å². The highest BCUT2D eigenvalue weighted by Crippen LogP contribution is 2.19. The van der Waals surface area contributed by atoms with Gasteiger partial charge in [0.05, 0.1) is 0 Å². The maximum absolute atomic E-state index is 12.1. The fraction of sp³-hybridized carbons (Fsp3) is 0.200. The third kappa shape index (κ3) is 3.88. The Morgan fingerprint density at radius 3 is 2.56 bits per heavy atom. The number of ether oxygens (including phenoxy) is 1. The highest BCUT2D eigenvalue weighted by molar-refractivity contribution is 5.93. The Balaban J connectivity index is 1.58. The van der Waals surface area contributed by atoms with Crippen molar-refractivity contribution < 1.29 is 14.3 Å². The number of aryl methyl sites for hydroxylation is 2. The first-order valence-corrected chi connectivity index (χ1v) is 8.10. The lowest BCUT2D eigenvalue weighted by Gasteiger charge is -2.10. The van der Waals surface area contributed by atoms with Gasteiger partial charge in [0.2, 0.25) is 0 Å². The molecule has 0 unspecified atom stereocenters. The number of esters is 1. The molecule has 0 radical (unpaired) electrons. The Hall–Kier alpha value is -3.08. The topological polar surface area (TPSA) is 60.3 Å². The maximum atomic E-state index is 12.1. The van der Waals surface area contributed by atoms with E-state index in [0.717, 1.165) is 27.8 Å². The lowest BCUT2D eigenvalue weighted by molar-refractivity contribution is -0.147. The van der Waals surface area contributed by atoms with Gasteiger partial charge in [0, 0.05) is 16.9 Å². The van der Waals surface area contributed by atoms with Crippen LogP contribution >= 0.6 is 0 Å². The molecule has 3 rings (SSSR count). The molecular formula is C20H20N2O3. The van der Waals surface area contributed by atoms with Gasteiger partial charge in [-0.2, -0.15) is 0 Å². The molecule has 0 saturated carbocycles. The summed E-state index contributed by atoms with van der Waals surface area (Å²) >= 11 is 0. The van der Waals surface area contributed by atoms with Crippen molar-refractivity contribution in [3.05, 3.63) is 65.9 Å². The maximum Gasteiger partial charge on any atom is 0.326 e. The van der Waals surface area contributed by atoms with Gasteiger partial charge >= 0.3 is 5.97 Å². The third-order valence-corrected chi connectivity index (χ3v) is 4.09. The van der Waals surface area contributed by atoms with Gasteiger partial charge in [-0.05, 0) is 43.0 Å². The van der Waals surface area contributed by atoms with Gasteiger partial charge < -0.3 is 14.6 Å². The fourth-order valence-electron chi connectivity index (χ4n) is 2.78. The van der Waals surface area contributed by atoms with Crippen molar-refractivity contribution in [1.29, 1.82) is 0 Å². The average Bonchev–Trinajstić information content (AvgIpc) is 2.91. The predicted octanol–water partition coefficient (Wildman–Crippen LogP) is 3.44. The zero-order valence-corrected chi connectivity index (χ0v) is 14.3. The monoisotopic (exact) mass is 336 g/mol. The lowest BCUT2D eigenvalue weighted by atomic mass is 10.2. The second-order valence-corrected chi connectivity index (χ2v) is 5.95. The van der Waals surface area contributed by atoms with E-state index < -0.39 is 5.97 Å². The summed E-state index contributed by atoms with van der Waals surface area (Å²) in [7, 11) is 0. The number of rotatable bonds is 5. The van der Waals surface area contributed by atoms with Crippen LogP contribution in [0.4, 0.5) is 5.69 Å². The van der Waals surface area contributed by atoms with Gasteiger partial charge in [0.1, 0.15) is 6.54 Å². The number of benzene rings is 2. The van der Waals surface area contributed by atoms with E-state index in [2.05, 4.69) is 5.32 Å². The summed E-state index contributed by atoms with van der Waals surface area (Å²) in [5, 5.41) is 3.82. The Kier molecular flexibility index (Phi) is 4.84. The molecule has 1 N–H and O–H groups in total. The summed E-state index contributed by atoms with van der Waals surface area (Å²) in [4.78, 5) is 24.1. The molecule has 0 fully saturated rings. The summed E-state index contributed by atoms with van der Waals surface area (Å²) in [5.74, 6) is -0.791. The molecule has 128 valence electrons. The molecular weight excluding hydrogens is 316 g/mol. The highest BCUT2D eigenvalue weighted by atomic mass is 16.5. The SMILES string of the molecule is Cc1ccccc1NC(=O)COC(=O)Cn1c(C)cc2ccccc21. The molecule has 0 saturated heterocycles. The summed E-state index contributed by atoms with van der Waals surface area (Å²) in [6, 6.07) is 17.3. The van der Waals surface area contributed by atoms with Crippen molar-refractivity contribution in [3.63, 3.8) is 0 Å². The van der Waals surface area contributed by atoms with Gasteiger partial charge in [-0.25, -0.2) is 0 Å². The van der Waals surface area contributed by atoms with E-state index in [4.69, 9.17) is 4.74 Å². The number of hydrogen-bond donors (Lipinski definition) is 1. The van der Waals surface area contributed by atoms with Crippen molar-refractivity contribution in [2.24, 2.45) is 0 Å². The normalized spacial score (nSPS) is 10.6. The summed E-state index contributed by atoms with van der Waals surface area (Å²) in [6.07, 6.45) is 0. The van der Waals surface area contributed by atoms with Crippen LogP contribution in [0, 0.1) is 13.8 Å². The second-order valence-electron chi connectivity index (χ2n) is 5.95. The van der Waals surface area contributed by atoms with E-state index in [-0.39, 0.29) is 19.1 Å². The zero-order valence-electron chi connectivity index (χ0n) is 14.3. The first kappa shape index (κ1) is 16.8. The number of aromatic nitrogens is 1. The van der Waals surface area contributed by atoms with E-state index in [1.807, 2.05) is 73.0 Å². The number of nitrogens with zero attached hydrogens (tertiary/aromatic N) is 1. The van der Waals surface area contributed by atoms with Gasteiger partial charge in [0.15, 0.2) is 6.61 Å². The molecule has 0 spiro atoms. The molecule has 1 aromatic heterocycles. The first-order chi connectivity index (χ1) is 12.0. The van der Waals surface area contributed by atoms with Crippen LogP contribution in [0.15, 0.2) is 54.6 Å². The minimum absolute atomic E-state index is 0.0803.